The molecule has 0 bridgehead atoms. The number of aliphatic hydroxyl groups is 1. The molecular weight excluding hydrogens is 832 g/mol. The van der Waals surface area contributed by atoms with Crippen molar-refractivity contribution in [3.63, 3.8) is 0 Å². The molecule has 3 saturated heterocycles. The number of nitrogens with zero attached hydrogens (tertiary/aromatic N) is 2. The summed E-state index contributed by atoms with van der Waals surface area (Å²) in [5.41, 5.74) is 15.2. The van der Waals surface area contributed by atoms with Crippen molar-refractivity contribution in [2.45, 2.75) is 132 Å². The highest BCUT2D eigenvalue weighted by atomic mass is 16.6. The largest absolute Gasteiger partial charge is 0.481 e. The van der Waals surface area contributed by atoms with Crippen molar-refractivity contribution in [3.05, 3.63) is 0 Å². The predicted molar refractivity (Wildman–Crippen MR) is 220 cm³/mol. The molecule has 0 aromatic heterocycles. The van der Waals surface area contributed by atoms with Crippen LogP contribution in [-0.4, -0.2) is 169 Å². The first kappa shape index (κ1) is 50.3. The molecule has 13 N–H and O–H groups in total. The summed E-state index contributed by atoms with van der Waals surface area (Å²) in [4.78, 5) is 107. The normalized spacial score (nSPS) is 27.3. The number of epoxide rings is 2. The number of guanidine groups is 1. The second-order valence-corrected chi connectivity index (χ2v) is 17.0. The standard InChI is InChI=1S/C39H64N10O14/c1-20(2)9-10-26-38(3,63-26)31-30(60-4)25(11-12-39(31)19-61-39)62-37(59)45-17-28(52)46-21(7-5-13-43-36(41)42)33(56)44-16-27(51)47-22(15-29(53)54)34(57)48-23(18-50)35(58)49-14-6-8-24(49)32(40)55/h20-26,30-31,50H,5-19H2,1-4H3,(H2,40,55)(H,44,56)(H,45,59)(H,46,52)(H,47,51)(H,48,57)(H,53,54)(H4,41,42,43). The summed E-state index contributed by atoms with van der Waals surface area (Å²) in [6, 6.07) is -5.59. The smallest absolute Gasteiger partial charge is 0.407 e. The van der Waals surface area contributed by atoms with Crippen molar-refractivity contribution in [2.24, 2.45) is 34.0 Å². The lowest BCUT2D eigenvalue weighted by Crippen LogP contribution is -2.58. The van der Waals surface area contributed by atoms with Gasteiger partial charge in [-0.2, -0.15) is 0 Å². The minimum atomic E-state index is -1.77. The number of carbonyl (C=O) groups is 8. The fraction of sp³-hybridized carbons (Fsp3) is 0.769. The van der Waals surface area contributed by atoms with Crippen molar-refractivity contribution in [3.8, 4) is 0 Å². The Morgan fingerprint density at radius 2 is 1.59 bits per heavy atom. The Kier molecular flexibility index (Phi) is 17.8. The summed E-state index contributed by atoms with van der Waals surface area (Å²) >= 11 is 0. The number of ether oxygens (including phenoxy) is 4. The second kappa shape index (κ2) is 22.3. The quantitative estimate of drug-likeness (QED) is 0.0194. The van der Waals surface area contributed by atoms with E-state index in [1.54, 1.807) is 7.11 Å². The van der Waals surface area contributed by atoms with E-state index >= 15 is 0 Å². The lowest BCUT2D eigenvalue weighted by atomic mass is 9.68. The van der Waals surface area contributed by atoms with Gasteiger partial charge < -0.3 is 77.8 Å². The van der Waals surface area contributed by atoms with Gasteiger partial charge in [0.25, 0.3) is 0 Å². The summed E-state index contributed by atoms with van der Waals surface area (Å²) in [5.74, 6) is -6.82. The molecule has 0 radical (unpaired) electrons. The molecule has 1 saturated carbocycles. The van der Waals surface area contributed by atoms with E-state index in [9.17, 15) is 48.6 Å². The number of carboxylic acid groups (broad SMARTS) is 1. The van der Waals surface area contributed by atoms with Crippen LogP contribution in [0.4, 0.5) is 4.79 Å². The van der Waals surface area contributed by atoms with Crippen molar-refractivity contribution in [1.29, 1.82) is 0 Å². The van der Waals surface area contributed by atoms with E-state index in [-0.39, 0.29) is 50.3 Å². The van der Waals surface area contributed by atoms with Crippen LogP contribution >= 0.6 is 0 Å². The molecule has 7 amide bonds. The van der Waals surface area contributed by atoms with E-state index < -0.39 is 121 Å². The molecule has 354 valence electrons. The SMILES string of the molecule is COC1C(OC(=O)NCC(=O)NC(CCCN=C(N)N)C(=O)NCC(=O)NC(CC(=O)O)C(=O)NC(CO)C(=O)N2CCCC2C(N)=O)CCC2(CO2)C1C1(C)OC1CCC(C)C. The molecule has 4 rings (SSSR count). The molecule has 1 spiro atoms. The topological polar surface area (TPSA) is 374 Å². The Morgan fingerprint density at radius 3 is 2.17 bits per heavy atom. The number of carboxylic acids is 1. The molecule has 63 heavy (non-hydrogen) atoms. The van der Waals surface area contributed by atoms with E-state index in [1.165, 1.54) is 0 Å². The predicted octanol–water partition coefficient (Wildman–Crippen LogP) is -3.56. The molecular formula is C39H64N10O14. The zero-order valence-corrected chi connectivity index (χ0v) is 36.2. The Balaban J connectivity index is 1.31. The van der Waals surface area contributed by atoms with Crippen LogP contribution in [0.15, 0.2) is 4.99 Å². The van der Waals surface area contributed by atoms with Crippen molar-refractivity contribution in [2.75, 3.05) is 46.5 Å². The molecule has 10 atom stereocenters. The lowest BCUT2D eigenvalue weighted by molar-refractivity contribution is -0.143. The van der Waals surface area contributed by atoms with Crippen molar-refractivity contribution < 1.29 is 67.5 Å². The van der Waals surface area contributed by atoms with Crippen molar-refractivity contribution in [1.82, 2.24) is 31.5 Å². The maximum Gasteiger partial charge on any atom is 0.407 e. The fourth-order valence-corrected chi connectivity index (χ4v) is 8.53. The number of nitrogens with two attached hydrogens (primary N) is 3. The number of nitrogens with one attached hydrogen (secondary N) is 5. The number of methoxy groups -OCH3 is 1. The number of amides is 7. The first-order valence-corrected chi connectivity index (χ1v) is 21.2. The average Bonchev–Trinajstić information content (AvgIpc) is 4.07. The molecule has 0 aromatic carbocycles. The lowest BCUT2D eigenvalue weighted by Gasteiger charge is -2.42. The van der Waals surface area contributed by atoms with E-state index in [4.69, 9.17) is 36.1 Å². The number of aliphatic carboxylic acids is 1. The van der Waals surface area contributed by atoms with Gasteiger partial charge in [0.1, 0.15) is 54.1 Å². The molecule has 3 heterocycles. The Hall–Kier alpha value is -5.33. The van der Waals surface area contributed by atoms with Gasteiger partial charge in [-0.1, -0.05) is 13.8 Å². The average molecular weight is 897 g/mol. The Labute approximate surface area is 364 Å². The fourth-order valence-electron chi connectivity index (χ4n) is 8.53. The van der Waals surface area contributed by atoms with E-state index in [2.05, 4.69) is 45.4 Å². The number of rotatable bonds is 24. The van der Waals surface area contributed by atoms with Crippen molar-refractivity contribution >= 4 is 53.5 Å². The Bertz CT molecular complexity index is 1730. The van der Waals surface area contributed by atoms with Gasteiger partial charge in [-0.3, -0.25) is 38.6 Å². The molecule has 4 aliphatic rings. The first-order valence-electron chi connectivity index (χ1n) is 21.2. The minimum absolute atomic E-state index is 0.0172. The summed E-state index contributed by atoms with van der Waals surface area (Å²) in [6.45, 7) is 4.80. The highest BCUT2D eigenvalue weighted by Gasteiger charge is 2.72. The van der Waals surface area contributed by atoms with Crippen LogP contribution in [0.2, 0.25) is 0 Å². The number of likely N-dealkylation sites (tertiary alicyclic amines) is 1. The zero-order chi connectivity index (χ0) is 46.6. The van der Waals surface area contributed by atoms with Gasteiger partial charge in [0.05, 0.1) is 38.2 Å². The van der Waals surface area contributed by atoms with Gasteiger partial charge >= 0.3 is 12.1 Å². The third-order valence-electron chi connectivity index (χ3n) is 11.9. The number of alkyl carbamates (subject to hydrolysis) is 1. The van der Waals surface area contributed by atoms with Crippen LogP contribution in [0.25, 0.3) is 0 Å². The Morgan fingerprint density at radius 1 is 0.921 bits per heavy atom. The number of hydrogen-bond acceptors (Lipinski definition) is 14. The van der Waals surface area contributed by atoms with Gasteiger partial charge in [0, 0.05) is 20.2 Å². The minimum Gasteiger partial charge on any atom is -0.481 e. The summed E-state index contributed by atoms with van der Waals surface area (Å²) in [5, 5.41) is 30.9. The van der Waals surface area contributed by atoms with Gasteiger partial charge in [-0.25, -0.2) is 4.79 Å². The molecule has 0 aromatic rings. The highest BCUT2D eigenvalue weighted by Crippen LogP contribution is 2.59. The van der Waals surface area contributed by atoms with Gasteiger partial charge in [-0.05, 0) is 64.2 Å². The maximum absolute atomic E-state index is 13.3. The number of hydrogen-bond donors (Lipinski definition) is 10. The van der Waals surface area contributed by atoms with E-state index in [0.29, 0.717) is 31.8 Å². The second-order valence-electron chi connectivity index (χ2n) is 17.0. The third-order valence-corrected chi connectivity index (χ3v) is 11.9. The number of aliphatic imine (C=N–C) groups is 1. The number of carbonyl (C=O) groups excluding carboxylic acids is 7. The highest BCUT2D eigenvalue weighted by molar-refractivity contribution is 5.97. The molecule has 24 nitrogen and oxygen atoms in total. The van der Waals surface area contributed by atoms with Crippen LogP contribution in [0.5, 0.6) is 0 Å². The van der Waals surface area contributed by atoms with E-state index in [1.807, 2.05) is 6.92 Å². The monoisotopic (exact) mass is 896 g/mol. The molecule has 1 aliphatic carbocycles. The molecule has 4 fully saturated rings. The van der Waals surface area contributed by atoms with E-state index in [0.717, 1.165) is 17.7 Å². The number of primary amides is 1. The van der Waals surface area contributed by atoms with Crippen LogP contribution in [0.1, 0.15) is 78.6 Å². The van der Waals surface area contributed by atoms with Crippen LogP contribution in [0.3, 0.4) is 0 Å². The molecule has 10 unspecified atom stereocenters. The molecule has 24 heteroatoms. The maximum atomic E-state index is 13.3. The van der Waals surface area contributed by atoms with Gasteiger partial charge in [-0.15, -0.1) is 0 Å². The van der Waals surface area contributed by atoms with Gasteiger partial charge in [0.2, 0.25) is 35.4 Å². The van der Waals surface area contributed by atoms with Crippen LogP contribution in [0, 0.1) is 11.8 Å². The summed E-state index contributed by atoms with van der Waals surface area (Å²) < 4.78 is 23.9. The van der Waals surface area contributed by atoms with Gasteiger partial charge in [0.15, 0.2) is 5.96 Å². The third kappa shape index (κ3) is 13.8. The summed E-state index contributed by atoms with van der Waals surface area (Å²) in [6.07, 6.45) is 0.801. The zero-order valence-electron chi connectivity index (χ0n) is 36.2. The summed E-state index contributed by atoms with van der Waals surface area (Å²) in [7, 11) is 1.54. The van der Waals surface area contributed by atoms with Crippen LogP contribution < -0.4 is 43.8 Å². The molecule has 3 aliphatic heterocycles. The first-order chi connectivity index (χ1) is 29.7. The number of aliphatic hydroxyl groups excluding tert-OH is 1. The van der Waals surface area contributed by atoms with Crippen LogP contribution in [-0.2, 0) is 52.5 Å².